The molecule has 0 bridgehead atoms. The second-order valence-electron chi connectivity index (χ2n) is 4.79. The summed E-state index contributed by atoms with van der Waals surface area (Å²) in [6.45, 7) is 4.17. The summed E-state index contributed by atoms with van der Waals surface area (Å²) >= 11 is 5.88. The zero-order valence-electron chi connectivity index (χ0n) is 11.0. The summed E-state index contributed by atoms with van der Waals surface area (Å²) in [6.07, 6.45) is 2.39. The summed E-state index contributed by atoms with van der Waals surface area (Å²) in [5.41, 5.74) is 2.95. The van der Waals surface area contributed by atoms with Gasteiger partial charge >= 0.3 is 0 Å². The number of hydrogen-bond donors (Lipinski definition) is 0. The van der Waals surface area contributed by atoms with Gasteiger partial charge in [0.15, 0.2) is 0 Å². The van der Waals surface area contributed by atoms with E-state index in [1.54, 1.807) is 18.3 Å². The third kappa shape index (κ3) is 3.51. The smallest absolute Gasteiger partial charge is 0.132 e. The van der Waals surface area contributed by atoms with Crippen molar-refractivity contribution < 1.29 is 4.39 Å². The van der Waals surface area contributed by atoms with E-state index in [-0.39, 0.29) is 5.82 Å². The van der Waals surface area contributed by atoms with Gasteiger partial charge < -0.3 is 0 Å². The third-order valence-electron chi connectivity index (χ3n) is 2.91. The van der Waals surface area contributed by atoms with E-state index in [2.05, 4.69) is 23.8 Å². The molecule has 0 atom stereocenters. The van der Waals surface area contributed by atoms with Crippen LogP contribution in [0.25, 0.3) is 0 Å². The monoisotopic (exact) mass is 278 g/mol. The van der Waals surface area contributed by atoms with E-state index in [4.69, 9.17) is 11.6 Å². The lowest BCUT2D eigenvalue weighted by atomic mass is 10.1. The van der Waals surface area contributed by atoms with Crippen molar-refractivity contribution in [3.05, 3.63) is 58.9 Å². The quantitative estimate of drug-likeness (QED) is 0.788. The van der Waals surface area contributed by atoms with Gasteiger partial charge in [0.1, 0.15) is 11.6 Å². The predicted octanol–water partition coefficient (Wildman–Crippen LogP) is 4.07. The minimum Gasteiger partial charge on any atom is -0.241 e. The Labute approximate surface area is 117 Å². The van der Waals surface area contributed by atoms with Gasteiger partial charge in [0, 0.05) is 18.2 Å². The highest BCUT2D eigenvalue weighted by atomic mass is 35.5. The lowest BCUT2D eigenvalue weighted by Gasteiger charge is -2.11. The molecule has 0 radical (unpaired) electrons. The number of rotatable bonds is 4. The highest BCUT2D eigenvalue weighted by Crippen LogP contribution is 2.19. The lowest BCUT2D eigenvalue weighted by Crippen LogP contribution is -2.05. The van der Waals surface area contributed by atoms with E-state index < -0.39 is 0 Å². The number of hydrogen-bond acceptors (Lipinski definition) is 2. The highest BCUT2D eigenvalue weighted by molar-refractivity contribution is 6.17. The van der Waals surface area contributed by atoms with Gasteiger partial charge in [-0.2, -0.15) is 0 Å². The Balaban J connectivity index is 2.25. The molecule has 0 saturated heterocycles. The molecule has 0 aliphatic heterocycles. The Morgan fingerprint density at radius 1 is 1.21 bits per heavy atom. The molecule has 0 N–H and O–H groups in total. The molecule has 4 heteroatoms. The Hall–Kier alpha value is -1.48. The zero-order valence-corrected chi connectivity index (χ0v) is 11.8. The van der Waals surface area contributed by atoms with Gasteiger partial charge in [-0.25, -0.2) is 14.4 Å². The number of halogens is 2. The van der Waals surface area contributed by atoms with E-state index in [9.17, 15) is 4.39 Å². The summed E-state index contributed by atoms with van der Waals surface area (Å²) in [7, 11) is 0. The molecule has 2 aromatic rings. The summed E-state index contributed by atoms with van der Waals surface area (Å²) in [5.74, 6) is 1.24. The average molecular weight is 279 g/mol. The molecule has 0 unspecified atom stereocenters. The van der Waals surface area contributed by atoms with Gasteiger partial charge in [-0.3, -0.25) is 0 Å². The second kappa shape index (κ2) is 6.11. The van der Waals surface area contributed by atoms with Crippen LogP contribution in [0.15, 0.2) is 30.5 Å². The molecule has 1 aromatic heterocycles. The highest BCUT2D eigenvalue weighted by Gasteiger charge is 2.10. The summed E-state index contributed by atoms with van der Waals surface area (Å²) in [4.78, 5) is 8.89. The molecular formula is C15H16ClFN2. The number of aromatic nitrogens is 2. The van der Waals surface area contributed by atoms with Crippen molar-refractivity contribution in [1.82, 2.24) is 9.97 Å². The molecular weight excluding hydrogens is 263 g/mol. The zero-order chi connectivity index (χ0) is 13.8. The van der Waals surface area contributed by atoms with Crippen LogP contribution in [-0.2, 0) is 12.3 Å². The predicted molar refractivity (Wildman–Crippen MR) is 74.9 cm³/mol. The third-order valence-corrected chi connectivity index (χ3v) is 3.20. The number of benzene rings is 1. The van der Waals surface area contributed by atoms with E-state index >= 15 is 0 Å². The van der Waals surface area contributed by atoms with Crippen LogP contribution in [0.3, 0.4) is 0 Å². The van der Waals surface area contributed by atoms with Crippen molar-refractivity contribution in [2.24, 2.45) is 0 Å². The Morgan fingerprint density at radius 2 is 1.89 bits per heavy atom. The summed E-state index contributed by atoms with van der Waals surface area (Å²) in [6, 6.07) is 6.41. The van der Waals surface area contributed by atoms with Crippen LogP contribution in [-0.4, -0.2) is 9.97 Å². The standard InChI is InChI=1S/C15H16ClFN2/c1-10(2)15-12(8-16)9-18-14(19-15)7-11-3-5-13(17)6-4-11/h3-6,9-10H,7-8H2,1-2H3. The summed E-state index contributed by atoms with van der Waals surface area (Å²) in [5, 5.41) is 0. The van der Waals surface area contributed by atoms with Crippen molar-refractivity contribution in [2.75, 3.05) is 0 Å². The molecule has 1 aromatic carbocycles. The molecule has 0 amide bonds. The first-order chi connectivity index (χ1) is 9.10. The molecule has 0 spiro atoms. The second-order valence-corrected chi connectivity index (χ2v) is 5.06. The van der Waals surface area contributed by atoms with E-state index in [0.29, 0.717) is 18.2 Å². The normalized spacial score (nSPS) is 11.0. The maximum atomic E-state index is 12.8. The fourth-order valence-electron chi connectivity index (χ4n) is 1.93. The fourth-order valence-corrected chi connectivity index (χ4v) is 2.14. The van der Waals surface area contributed by atoms with Crippen molar-refractivity contribution in [1.29, 1.82) is 0 Å². The topological polar surface area (TPSA) is 25.8 Å². The number of nitrogens with zero attached hydrogens (tertiary/aromatic N) is 2. The van der Waals surface area contributed by atoms with Gasteiger partial charge in [-0.15, -0.1) is 11.6 Å². The van der Waals surface area contributed by atoms with Gasteiger partial charge in [0.2, 0.25) is 0 Å². The molecule has 0 aliphatic carbocycles. The first kappa shape index (κ1) is 13.9. The van der Waals surface area contributed by atoms with Crippen molar-refractivity contribution in [3.8, 4) is 0 Å². The van der Waals surface area contributed by atoms with Gasteiger partial charge in [0.05, 0.1) is 11.6 Å². The van der Waals surface area contributed by atoms with Crippen molar-refractivity contribution >= 4 is 11.6 Å². The van der Waals surface area contributed by atoms with Crippen LogP contribution >= 0.6 is 11.6 Å². The number of alkyl halides is 1. The molecule has 2 rings (SSSR count). The van der Waals surface area contributed by atoms with E-state index in [0.717, 1.165) is 22.6 Å². The van der Waals surface area contributed by atoms with Crippen LogP contribution in [0.2, 0.25) is 0 Å². The Bertz CT molecular complexity index is 553. The minimum atomic E-state index is -0.231. The van der Waals surface area contributed by atoms with Gasteiger partial charge in [-0.1, -0.05) is 26.0 Å². The first-order valence-electron chi connectivity index (χ1n) is 6.25. The molecule has 0 fully saturated rings. The first-order valence-corrected chi connectivity index (χ1v) is 6.78. The van der Waals surface area contributed by atoms with Gasteiger partial charge in [0.25, 0.3) is 0 Å². The van der Waals surface area contributed by atoms with E-state index in [1.807, 2.05) is 0 Å². The SMILES string of the molecule is CC(C)c1nc(Cc2ccc(F)cc2)ncc1CCl. The molecule has 19 heavy (non-hydrogen) atoms. The molecule has 100 valence electrons. The van der Waals surface area contributed by atoms with Crippen molar-refractivity contribution in [2.45, 2.75) is 32.1 Å². The molecule has 0 saturated carbocycles. The fraction of sp³-hybridized carbons (Fsp3) is 0.333. The molecule has 1 heterocycles. The lowest BCUT2D eigenvalue weighted by molar-refractivity contribution is 0.627. The van der Waals surface area contributed by atoms with Crippen LogP contribution < -0.4 is 0 Å². The van der Waals surface area contributed by atoms with Crippen LogP contribution in [0.1, 0.15) is 42.4 Å². The maximum Gasteiger partial charge on any atom is 0.132 e. The largest absolute Gasteiger partial charge is 0.241 e. The van der Waals surface area contributed by atoms with Gasteiger partial charge in [-0.05, 0) is 23.6 Å². The van der Waals surface area contributed by atoms with Crippen LogP contribution in [0, 0.1) is 5.82 Å². The van der Waals surface area contributed by atoms with E-state index in [1.165, 1.54) is 12.1 Å². The molecule has 2 nitrogen and oxygen atoms in total. The average Bonchev–Trinajstić information content (AvgIpc) is 2.41. The van der Waals surface area contributed by atoms with Crippen LogP contribution in [0.4, 0.5) is 4.39 Å². The van der Waals surface area contributed by atoms with Crippen LogP contribution in [0.5, 0.6) is 0 Å². The van der Waals surface area contributed by atoms with Crippen molar-refractivity contribution in [3.63, 3.8) is 0 Å². The Morgan fingerprint density at radius 3 is 2.47 bits per heavy atom. The maximum absolute atomic E-state index is 12.8. The summed E-state index contributed by atoms with van der Waals surface area (Å²) < 4.78 is 12.8. The minimum absolute atomic E-state index is 0.231. The molecule has 0 aliphatic rings. The Kier molecular flexibility index (Phi) is 4.48.